The summed E-state index contributed by atoms with van der Waals surface area (Å²) in [4.78, 5) is 22.2. The van der Waals surface area contributed by atoms with Crippen molar-refractivity contribution in [3.63, 3.8) is 0 Å². The van der Waals surface area contributed by atoms with Crippen LogP contribution in [0, 0.1) is 0 Å². The third kappa shape index (κ3) is 2.66. The number of ketones is 2. The van der Waals surface area contributed by atoms with E-state index in [1.165, 1.54) is 0 Å². The summed E-state index contributed by atoms with van der Waals surface area (Å²) in [6.45, 7) is 0. The molecular formula is C8H6Li2O6. The average molecular weight is 212 g/mol. The van der Waals surface area contributed by atoms with Gasteiger partial charge in [0.05, 0.1) is 14.2 Å². The van der Waals surface area contributed by atoms with Crippen LogP contribution in [0.2, 0.25) is 0 Å². The molecule has 16 heavy (non-hydrogen) atoms. The molecule has 0 bridgehead atoms. The third-order valence-corrected chi connectivity index (χ3v) is 1.65. The molecule has 1 aliphatic rings. The maximum absolute atomic E-state index is 11.1. The Morgan fingerprint density at radius 2 is 1.06 bits per heavy atom. The maximum atomic E-state index is 11.1. The Morgan fingerprint density at radius 3 is 1.25 bits per heavy atom. The van der Waals surface area contributed by atoms with Gasteiger partial charge in [-0.15, -0.1) is 0 Å². The second kappa shape index (κ2) is 6.72. The Kier molecular flexibility index (Phi) is 7.40. The summed E-state index contributed by atoms with van der Waals surface area (Å²) in [6.07, 6.45) is 0. The van der Waals surface area contributed by atoms with Crippen LogP contribution in [-0.4, -0.2) is 25.8 Å². The van der Waals surface area contributed by atoms with Gasteiger partial charge in [0.1, 0.15) is 0 Å². The smallest absolute Gasteiger partial charge is 0.867 e. The van der Waals surface area contributed by atoms with Crippen molar-refractivity contribution in [1.82, 2.24) is 0 Å². The zero-order chi connectivity index (χ0) is 10.9. The van der Waals surface area contributed by atoms with E-state index >= 15 is 0 Å². The average Bonchev–Trinajstić information content (AvgIpc) is 2.17. The van der Waals surface area contributed by atoms with Gasteiger partial charge in [0, 0.05) is 0 Å². The van der Waals surface area contributed by atoms with E-state index in [1.54, 1.807) is 0 Å². The summed E-state index contributed by atoms with van der Waals surface area (Å²) in [5.74, 6) is -6.16. The predicted molar refractivity (Wildman–Crippen MR) is 38.1 cm³/mol. The van der Waals surface area contributed by atoms with Crippen LogP contribution >= 0.6 is 0 Å². The van der Waals surface area contributed by atoms with Crippen molar-refractivity contribution in [2.24, 2.45) is 0 Å². The number of carbonyl (C=O) groups excluding carboxylic acids is 2. The molecule has 0 aromatic rings. The van der Waals surface area contributed by atoms with E-state index in [2.05, 4.69) is 9.47 Å². The zero-order valence-corrected chi connectivity index (χ0v) is 9.45. The van der Waals surface area contributed by atoms with Crippen LogP contribution in [0.3, 0.4) is 0 Å². The largest absolute Gasteiger partial charge is 1.00 e. The molecule has 1 aliphatic carbocycles. The predicted octanol–water partition coefficient (Wildman–Crippen LogP) is -8.42. The van der Waals surface area contributed by atoms with Gasteiger partial charge < -0.3 is 19.7 Å². The molecule has 0 atom stereocenters. The zero-order valence-electron chi connectivity index (χ0n) is 9.45. The minimum atomic E-state index is -1.16. The Labute approximate surface area is 116 Å². The minimum absolute atomic E-state index is 0. The molecule has 76 valence electrons. The molecule has 0 radical (unpaired) electrons. The second-order valence-corrected chi connectivity index (χ2v) is 2.38. The fourth-order valence-corrected chi connectivity index (χ4v) is 0.989. The van der Waals surface area contributed by atoms with Crippen molar-refractivity contribution in [2.75, 3.05) is 14.2 Å². The van der Waals surface area contributed by atoms with E-state index in [-0.39, 0.29) is 37.7 Å². The van der Waals surface area contributed by atoms with Crippen LogP contribution in [0.1, 0.15) is 0 Å². The Morgan fingerprint density at radius 1 is 0.812 bits per heavy atom. The SMILES string of the molecule is COC1=C([O-])C(=O)C(OC)=C([O-])C1=O.[Li+].[Li+]. The molecule has 1 rings (SSSR count). The van der Waals surface area contributed by atoms with E-state index in [0.29, 0.717) is 0 Å². The van der Waals surface area contributed by atoms with Gasteiger partial charge in [-0.2, -0.15) is 0 Å². The first-order valence-electron chi connectivity index (χ1n) is 3.54. The third-order valence-electron chi connectivity index (χ3n) is 1.65. The van der Waals surface area contributed by atoms with E-state index in [4.69, 9.17) is 0 Å². The first-order chi connectivity index (χ1) is 6.54. The van der Waals surface area contributed by atoms with Gasteiger partial charge in [-0.1, -0.05) is 0 Å². The van der Waals surface area contributed by atoms with Crippen molar-refractivity contribution in [2.45, 2.75) is 0 Å². The van der Waals surface area contributed by atoms with Gasteiger partial charge in [0.25, 0.3) is 0 Å². The van der Waals surface area contributed by atoms with Crippen LogP contribution in [0.5, 0.6) is 0 Å². The number of methoxy groups -OCH3 is 2. The summed E-state index contributed by atoms with van der Waals surface area (Å²) < 4.78 is 8.71. The van der Waals surface area contributed by atoms with Crippen LogP contribution in [0.4, 0.5) is 0 Å². The van der Waals surface area contributed by atoms with E-state index in [1.807, 2.05) is 0 Å². The number of rotatable bonds is 2. The monoisotopic (exact) mass is 212 g/mol. The van der Waals surface area contributed by atoms with E-state index in [0.717, 1.165) is 14.2 Å². The summed E-state index contributed by atoms with van der Waals surface area (Å²) in [5, 5.41) is 22.2. The fourth-order valence-electron chi connectivity index (χ4n) is 0.989. The van der Waals surface area contributed by atoms with Gasteiger partial charge in [0.15, 0.2) is 11.5 Å². The topological polar surface area (TPSA) is 98.7 Å². The maximum Gasteiger partial charge on any atom is 1.00 e. The van der Waals surface area contributed by atoms with Crippen LogP contribution in [0.15, 0.2) is 23.0 Å². The minimum Gasteiger partial charge on any atom is -0.867 e. The van der Waals surface area contributed by atoms with Crippen molar-refractivity contribution in [1.29, 1.82) is 0 Å². The Bertz CT molecular complexity index is 335. The summed E-state index contributed by atoms with van der Waals surface area (Å²) in [7, 11) is 2.06. The second-order valence-electron chi connectivity index (χ2n) is 2.38. The van der Waals surface area contributed by atoms with Crippen LogP contribution in [0.25, 0.3) is 0 Å². The molecule has 0 aliphatic heterocycles. The molecule has 6 nitrogen and oxygen atoms in total. The molecule has 8 heteroatoms. The standard InChI is InChI=1S/C8H8O6.2Li/c1-13-7-3(9)5(11)8(14-2)6(12)4(7)10;;/h9,12H,1-2H3;;/q;2*+1/p-2. The molecule has 0 fully saturated rings. The summed E-state index contributed by atoms with van der Waals surface area (Å²) >= 11 is 0. The Hall–Kier alpha value is -0.785. The number of hydrogen-bond acceptors (Lipinski definition) is 6. The fraction of sp³-hybridized carbons (Fsp3) is 0.250. The van der Waals surface area contributed by atoms with E-state index in [9.17, 15) is 19.8 Å². The van der Waals surface area contributed by atoms with Crippen LogP contribution in [-0.2, 0) is 19.1 Å². The van der Waals surface area contributed by atoms with E-state index < -0.39 is 34.6 Å². The number of ether oxygens (including phenoxy) is 2. The molecule has 0 amide bonds. The molecular weight excluding hydrogens is 206 g/mol. The first kappa shape index (κ1) is 17.6. The van der Waals surface area contributed by atoms with Gasteiger partial charge in [0.2, 0.25) is 11.6 Å². The molecule has 0 aromatic carbocycles. The molecule has 0 saturated heterocycles. The van der Waals surface area contributed by atoms with Gasteiger partial charge in [-0.05, 0) is 11.5 Å². The van der Waals surface area contributed by atoms with Gasteiger partial charge in [-0.25, -0.2) is 0 Å². The first-order valence-corrected chi connectivity index (χ1v) is 3.54. The summed E-state index contributed by atoms with van der Waals surface area (Å²) in [6, 6.07) is 0. The number of carbonyl (C=O) groups is 2. The van der Waals surface area contributed by atoms with Crippen molar-refractivity contribution < 1.29 is 67.0 Å². The molecule has 0 heterocycles. The number of Topliss-reactive ketones (excluding diaryl/α,β-unsaturated/α-hetero) is 2. The normalized spacial score (nSPS) is 15.4. The molecule has 0 unspecified atom stereocenters. The molecule has 0 N–H and O–H groups in total. The summed E-state index contributed by atoms with van der Waals surface area (Å²) in [5.41, 5.74) is 0. The number of hydrogen-bond donors (Lipinski definition) is 0. The van der Waals surface area contributed by atoms with Crippen molar-refractivity contribution >= 4 is 11.6 Å². The molecule has 0 aromatic heterocycles. The quantitative estimate of drug-likeness (QED) is 0.333. The van der Waals surface area contributed by atoms with Gasteiger partial charge >= 0.3 is 37.7 Å². The van der Waals surface area contributed by atoms with Crippen molar-refractivity contribution in [3.05, 3.63) is 23.0 Å². The molecule has 0 saturated carbocycles. The van der Waals surface area contributed by atoms with Gasteiger partial charge in [-0.3, -0.25) is 9.59 Å². The molecule has 0 spiro atoms. The van der Waals surface area contributed by atoms with Crippen LogP contribution < -0.4 is 47.9 Å². The van der Waals surface area contributed by atoms with Crippen molar-refractivity contribution in [3.8, 4) is 0 Å². The Balaban J connectivity index is 0.